The van der Waals surface area contributed by atoms with Crippen molar-refractivity contribution in [3.05, 3.63) is 65.0 Å². The van der Waals surface area contributed by atoms with Crippen molar-refractivity contribution in [3.8, 4) is 17.1 Å². The monoisotopic (exact) mass is 357 g/mol. The Kier molecular flexibility index (Phi) is 5.36. The highest BCUT2D eigenvalue weighted by atomic mass is 35.5. The maximum atomic E-state index is 6.11. The second-order valence-corrected chi connectivity index (χ2v) is 6.31. The number of ether oxygens (including phenoxy) is 1. The van der Waals surface area contributed by atoms with Crippen molar-refractivity contribution in [3.63, 3.8) is 0 Å². The number of benzene rings is 2. The van der Waals surface area contributed by atoms with Gasteiger partial charge in [0.25, 0.3) is 0 Å². The molecule has 0 saturated heterocycles. The highest BCUT2D eigenvalue weighted by molar-refractivity contribution is 6.30. The van der Waals surface area contributed by atoms with Crippen LogP contribution in [0.2, 0.25) is 5.02 Å². The molecule has 0 fully saturated rings. The second-order valence-electron chi connectivity index (χ2n) is 5.87. The zero-order chi connectivity index (χ0) is 17.8. The van der Waals surface area contributed by atoms with Crippen LogP contribution in [0.25, 0.3) is 11.4 Å². The molecule has 0 aliphatic carbocycles. The molecule has 0 radical (unpaired) electrons. The highest BCUT2D eigenvalue weighted by Gasteiger charge is 2.20. The Morgan fingerprint density at radius 2 is 1.96 bits per heavy atom. The fourth-order valence-corrected chi connectivity index (χ4v) is 2.77. The van der Waals surface area contributed by atoms with E-state index in [2.05, 4.69) is 15.0 Å². The lowest BCUT2D eigenvalue weighted by Gasteiger charge is -2.22. The first-order valence-corrected chi connectivity index (χ1v) is 8.38. The number of hydrogen-bond donors (Lipinski definition) is 0. The third kappa shape index (κ3) is 4.00. The predicted octanol–water partition coefficient (Wildman–Crippen LogP) is 4.59. The molecule has 6 heteroatoms. The van der Waals surface area contributed by atoms with E-state index < -0.39 is 0 Å². The molecule has 2 aromatic carbocycles. The summed E-state index contributed by atoms with van der Waals surface area (Å²) in [6, 6.07) is 15.3. The second kappa shape index (κ2) is 7.68. The maximum Gasteiger partial charge on any atom is 0.244 e. The van der Waals surface area contributed by atoms with Crippen molar-refractivity contribution < 1.29 is 9.26 Å². The van der Waals surface area contributed by atoms with Gasteiger partial charge in [0.2, 0.25) is 11.7 Å². The van der Waals surface area contributed by atoms with Gasteiger partial charge in [0.05, 0.1) is 13.2 Å². The number of methoxy groups -OCH3 is 1. The molecule has 0 saturated carbocycles. The smallest absolute Gasteiger partial charge is 0.244 e. The Bertz CT molecular complexity index is 836. The third-order valence-corrected chi connectivity index (χ3v) is 4.39. The van der Waals surface area contributed by atoms with E-state index in [-0.39, 0.29) is 6.04 Å². The number of nitrogens with zero attached hydrogens (tertiary/aromatic N) is 3. The molecule has 0 spiro atoms. The molecule has 0 bridgehead atoms. The van der Waals surface area contributed by atoms with Crippen LogP contribution in [-0.2, 0) is 6.54 Å². The largest absolute Gasteiger partial charge is 0.496 e. The molecule has 1 aromatic heterocycles. The van der Waals surface area contributed by atoms with Gasteiger partial charge < -0.3 is 9.26 Å². The first kappa shape index (κ1) is 17.5. The molecular weight excluding hydrogens is 338 g/mol. The molecule has 5 nitrogen and oxygen atoms in total. The van der Waals surface area contributed by atoms with Gasteiger partial charge in [-0.1, -0.05) is 47.1 Å². The maximum absolute atomic E-state index is 6.11. The van der Waals surface area contributed by atoms with Crippen molar-refractivity contribution in [1.29, 1.82) is 0 Å². The van der Waals surface area contributed by atoms with Gasteiger partial charge in [-0.3, -0.25) is 4.90 Å². The lowest BCUT2D eigenvalue weighted by Crippen LogP contribution is -2.22. The Morgan fingerprint density at radius 3 is 2.68 bits per heavy atom. The summed E-state index contributed by atoms with van der Waals surface area (Å²) < 4.78 is 10.9. The van der Waals surface area contributed by atoms with E-state index in [9.17, 15) is 0 Å². The zero-order valence-corrected chi connectivity index (χ0v) is 15.2. The molecule has 0 N–H and O–H groups in total. The van der Waals surface area contributed by atoms with Gasteiger partial charge in [-0.05, 0) is 32.2 Å². The van der Waals surface area contributed by atoms with E-state index in [4.69, 9.17) is 20.9 Å². The Morgan fingerprint density at radius 1 is 1.20 bits per heavy atom. The summed E-state index contributed by atoms with van der Waals surface area (Å²) in [7, 11) is 3.65. The van der Waals surface area contributed by atoms with E-state index in [0.29, 0.717) is 23.3 Å². The van der Waals surface area contributed by atoms with Crippen LogP contribution in [0.3, 0.4) is 0 Å². The quantitative estimate of drug-likeness (QED) is 0.645. The van der Waals surface area contributed by atoms with Crippen LogP contribution in [0.1, 0.15) is 24.4 Å². The molecule has 1 atom stereocenters. The third-order valence-electron chi connectivity index (χ3n) is 4.15. The molecule has 25 heavy (non-hydrogen) atoms. The normalized spacial score (nSPS) is 12.4. The summed E-state index contributed by atoms with van der Waals surface area (Å²) in [6.45, 7) is 2.67. The number of aromatic nitrogens is 2. The van der Waals surface area contributed by atoms with Gasteiger partial charge in [-0.25, -0.2) is 0 Å². The van der Waals surface area contributed by atoms with Crippen LogP contribution in [0.15, 0.2) is 53.1 Å². The molecule has 0 amide bonds. The minimum absolute atomic E-state index is 0.0475. The van der Waals surface area contributed by atoms with Crippen LogP contribution in [0, 0.1) is 0 Å². The van der Waals surface area contributed by atoms with Gasteiger partial charge in [-0.15, -0.1) is 0 Å². The Hall–Kier alpha value is -2.37. The first-order chi connectivity index (χ1) is 12.1. The van der Waals surface area contributed by atoms with Gasteiger partial charge >= 0.3 is 0 Å². The van der Waals surface area contributed by atoms with Gasteiger partial charge in [0.15, 0.2) is 0 Å². The van der Waals surface area contributed by atoms with Crippen molar-refractivity contribution in [1.82, 2.24) is 15.0 Å². The summed E-state index contributed by atoms with van der Waals surface area (Å²) in [5.74, 6) is 1.97. The molecular formula is C19H20ClN3O2. The van der Waals surface area contributed by atoms with E-state index in [1.54, 1.807) is 7.11 Å². The molecule has 0 aliphatic rings. The van der Waals surface area contributed by atoms with Crippen molar-refractivity contribution >= 4 is 11.6 Å². The SMILES string of the molecule is COc1ccc(Cl)cc1CN(C)C(C)c1nc(-c2ccccc2)no1. The standard InChI is InChI=1S/C19H20ClN3O2/c1-13(19-21-18(22-25-19)14-7-5-4-6-8-14)23(2)12-15-11-16(20)9-10-17(15)24-3/h4-11,13H,12H2,1-3H3. The van der Waals surface area contributed by atoms with Gasteiger partial charge in [0.1, 0.15) is 5.75 Å². The summed E-state index contributed by atoms with van der Waals surface area (Å²) in [4.78, 5) is 6.63. The Labute approximate surface area is 152 Å². The molecule has 0 aliphatic heterocycles. The van der Waals surface area contributed by atoms with Crippen molar-refractivity contribution in [2.45, 2.75) is 19.5 Å². The lowest BCUT2D eigenvalue weighted by atomic mass is 10.1. The molecule has 3 aromatic rings. The average molecular weight is 358 g/mol. The predicted molar refractivity (Wildman–Crippen MR) is 97.6 cm³/mol. The van der Waals surface area contributed by atoms with Gasteiger partial charge in [0, 0.05) is 22.7 Å². The topological polar surface area (TPSA) is 51.4 Å². The number of rotatable bonds is 6. The van der Waals surface area contributed by atoms with E-state index in [1.807, 2.05) is 62.5 Å². The average Bonchev–Trinajstić information content (AvgIpc) is 3.12. The van der Waals surface area contributed by atoms with Crippen LogP contribution in [0.4, 0.5) is 0 Å². The summed E-state index contributed by atoms with van der Waals surface area (Å²) >= 11 is 6.11. The van der Waals surface area contributed by atoms with Crippen LogP contribution in [-0.4, -0.2) is 29.2 Å². The fourth-order valence-electron chi connectivity index (χ4n) is 2.57. The van der Waals surface area contributed by atoms with Gasteiger partial charge in [-0.2, -0.15) is 4.98 Å². The first-order valence-electron chi connectivity index (χ1n) is 8.00. The molecule has 130 valence electrons. The van der Waals surface area contributed by atoms with Crippen LogP contribution < -0.4 is 4.74 Å². The number of hydrogen-bond acceptors (Lipinski definition) is 5. The van der Waals surface area contributed by atoms with E-state index in [1.165, 1.54) is 0 Å². The zero-order valence-electron chi connectivity index (χ0n) is 14.4. The molecule has 1 heterocycles. The number of halogens is 1. The summed E-state index contributed by atoms with van der Waals surface area (Å²) in [5, 5.41) is 4.77. The van der Waals surface area contributed by atoms with Crippen LogP contribution >= 0.6 is 11.6 Å². The van der Waals surface area contributed by atoms with Crippen molar-refractivity contribution in [2.75, 3.05) is 14.2 Å². The highest BCUT2D eigenvalue weighted by Crippen LogP contribution is 2.27. The van der Waals surface area contributed by atoms with Crippen molar-refractivity contribution in [2.24, 2.45) is 0 Å². The van der Waals surface area contributed by atoms with E-state index >= 15 is 0 Å². The summed E-state index contributed by atoms with van der Waals surface area (Å²) in [5.41, 5.74) is 1.94. The molecule has 1 unspecified atom stereocenters. The van der Waals surface area contributed by atoms with Crippen LogP contribution in [0.5, 0.6) is 5.75 Å². The van der Waals surface area contributed by atoms with E-state index in [0.717, 1.165) is 16.9 Å². The minimum Gasteiger partial charge on any atom is -0.496 e. The fraction of sp³-hybridized carbons (Fsp3) is 0.263. The molecule has 3 rings (SSSR count). The lowest BCUT2D eigenvalue weighted by molar-refractivity contribution is 0.200. The summed E-state index contributed by atoms with van der Waals surface area (Å²) in [6.07, 6.45) is 0. The minimum atomic E-state index is -0.0475. The Balaban J connectivity index is 1.76.